The summed E-state index contributed by atoms with van der Waals surface area (Å²) in [7, 11) is -3.15. The van der Waals surface area contributed by atoms with Crippen LogP contribution in [0.4, 0.5) is 0 Å². The fraction of sp³-hybridized carbons (Fsp3) is 0.917. The van der Waals surface area contributed by atoms with Gasteiger partial charge in [0.1, 0.15) is 0 Å². The molecule has 17 heavy (non-hydrogen) atoms. The Kier molecular flexibility index (Phi) is 4.21. The van der Waals surface area contributed by atoms with Crippen LogP contribution in [0.5, 0.6) is 0 Å². The highest BCUT2D eigenvalue weighted by Gasteiger charge is 2.37. The number of ether oxygens (including phenoxy) is 1. The van der Waals surface area contributed by atoms with Crippen LogP contribution in [-0.4, -0.2) is 32.1 Å². The van der Waals surface area contributed by atoms with Gasteiger partial charge in [0.2, 0.25) is 0 Å². The van der Waals surface area contributed by atoms with Crippen molar-refractivity contribution < 1.29 is 13.2 Å². The minimum atomic E-state index is -3.15. The lowest BCUT2D eigenvalue weighted by atomic mass is 9.82. The third-order valence-corrected chi connectivity index (χ3v) is 5.95. The molecule has 0 aromatic carbocycles. The van der Waals surface area contributed by atoms with Gasteiger partial charge in [-0.2, -0.15) is 5.26 Å². The molecule has 0 radical (unpaired) electrons. The first-order chi connectivity index (χ1) is 7.72. The molecule has 0 aromatic heterocycles. The number of hydrogen-bond acceptors (Lipinski definition) is 4. The monoisotopic (exact) mass is 259 g/mol. The first kappa shape index (κ1) is 14.5. The van der Waals surface area contributed by atoms with Crippen LogP contribution in [-0.2, 0) is 14.6 Å². The van der Waals surface area contributed by atoms with Crippen molar-refractivity contribution in [3.05, 3.63) is 0 Å². The molecular formula is C12H21NO3S. The Labute approximate surface area is 104 Å². The highest BCUT2D eigenvalue weighted by molar-refractivity contribution is 7.92. The van der Waals surface area contributed by atoms with Crippen molar-refractivity contribution >= 4 is 9.84 Å². The molecule has 0 N–H and O–H groups in total. The molecule has 1 saturated heterocycles. The summed E-state index contributed by atoms with van der Waals surface area (Å²) in [5, 5.41) is 9.22. The molecule has 1 fully saturated rings. The smallest absolute Gasteiger partial charge is 0.155 e. The van der Waals surface area contributed by atoms with E-state index in [2.05, 4.69) is 6.07 Å². The zero-order valence-electron chi connectivity index (χ0n) is 10.8. The van der Waals surface area contributed by atoms with Crippen molar-refractivity contribution in [2.45, 2.75) is 44.8 Å². The van der Waals surface area contributed by atoms with Crippen LogP contribution in [0.1, 0.15) is 40.0 Å². The van der Waals surface area contributed by atoms with Crippen LogP contribution < -0.4 is 0 Å². The quantitative estimate of drug-likeness (QED) is 0.776. The predicted octanol–water partition coefficient (Wildman–Crippen LogP) is 1.91. The van der Waals surface area contributed by atoms with E-state index in [0.717, 1.165) is 12.8 Å². The van der Waals surface area contributed by atoms with Crippen LogP contribution in [0.25, 0.3) is 0 Å². The zero-order chi connectivity index (χ0) is 13.2. The molecule has 0 saturated carbocycles. The SMILES string of the molecule is CC(C)(C)S(=O)(=O)CCC1(C#N)CCCOC1. The first-order valence-corrected chi connectivity index (χ1v) is 7.59. The molecule has 1 unspecified atom stereocenters. The van der Waals surface area contributed by atoms with E-state index in [4.69, 9.17) is 4.74 Å². The molecule has 0 aromatic rings. The van der Waals surface area contributed by atoms with Gasteiger partial charge in [-0.15, -0.1) is 0 Å². The van der Waals surface area contributed by atoms with Crippen molar-refractivity contribution in [2.24, 2.45) is 5.41 Å². The third kappa shape index (κ3) is 3.43. The highest BCUT2D eigenvalue weighted by Crippen LogP contribution is 2.33. The van der Waals surface area contributed by atoms with E-state index in [0.29, 0.717) is 19.6 Å². The van der Waals surface area contributed by atoms with E-state index in [1.165, 1.54) is 0 Å². The summed E-state index contributed by atoms with van der Waals surface area (Å²) in [6.07, 6.45) is 1.95. The summed E-state index contributed by atoms with van der Waals surface area (Å²) >= 11 is 0. The molecule has 4 nitrogen and oxygen atoms in total. The minimum absolute atomic E-state index is 0.0629. The first-order valence-electron chi connectivity index (χ1n) is 5.94. The van der Waals surface area contributed by atoms with E-state index in [9.17, 15) is 13.7 Å². The van der Waals surface area contributed by atoms with Gasteiger partial charge in [0.05, 0.1) is 28.6 Å². The van der Waals surface area contributed by atoms with Crippen LogP contribution >= 0.6 is 0 Å². The Morgan fingerprint density at radius 2 is 2.06 bits per heavy atom. The maximum atomic E-state index is 12.0. The summed E-state index contributed by atoms with van der Waals surface area (Å²) in [6, 6.07) is 2.25. The van der Waals surface area contributed by atoms with E-state index in [-0.39, 0.29) is 5.75 Å². The zero-order valence-corrected chi connectivity index (χ0v) is 11.6. The van der Waals surface area contributed by atoms with Gasteiger partial charge in [0.25, 0.3) is 0 Å². The fourth-order valence-corrected chi connectivity index (χ4v) is 3.10. The molecule has 1 aliphatic heterocycles. The largest absolute Gasteiger partial charge is 0.380 e. The molecular weight excluding hydrogens is 238 g/mol. The van der Waals surface area contributed by atoms with Gasteiger partial charge in [-0.05, 0) is 40.0 Å². The van der Waals surface area contributed by atoms with Gasteiger partial charge in [-0.3, -0.25) is 0 Å². The third-order valence-electron chi connectivity index (χ3n) is 3.34. The lowest BCUT2D eigenvalue weighted by Crippen LogP contribution is -2.36. The van der Waals surface area contributed by atoms with Crippen LogP contribution in [0, 0.1) is 16.7 Å². The summed E-state index contributed by atoms with van der Waals surface area (Å²) in [6.45, 7) is 6.12. The van der Waals surface area contributed by atoms with E-state index in [1.807, 2.05) is 0 Å². The van der Waals surface area contributed by atoms with Crippen LogP contribution in [0.15, 0.2) is 0 Å². The maximum absolute atomic E-state index is 12.0. The Balaban J connectivity index is 2.70. The molecule has 0 bridgehead atoms. The Hall–Kier alpha value is -0.600. The van der Waals surface area contributed by atoms with Gasteiger partial charge in [-0.1, -0.05) is 0 Å². The van der Waals surface area contributed by atoms with Crippen LogP contribution in [0.2, 0.25) is 0 Å². The van der Waals surface area contributed by atoms with Gasteiger partial charge < -0.3 is 4.74 Å². The molecule has 0 spiro atoms. The van der Waals surface area contributed by atoms with E-state index < -0.39 is 20.0 Å². The van der Waals surface area contributed by atoms with Crippen molar-refractivity contribution in [1.29, 1.82) is 5.26 Å². The molecule has 98 valence electrons. The van der Waals surface area contributed by atoms with Crippen molar-refractivity contribution in [1.82, 2.24) is 0 Å². The second kappa shape index (κ2) is 4.95. The number of nitrogens with zero attached hydrogens (tertiary/aromatic N) is 1. The molecule has 1 heterocycles. The number of rotatable bonds is 3. The Morgan fingerprint density at radius 1 is 1.41 bits per heavy atom. The topological polar surface area (TPSA) is 67.2 Å². The van der Waals surface area contributed by atoms with E-state index in [1.54, 1.807) is 20.8 Å². The summed E-state index contributed by atoms with van der Waals surface area (Å²) in [4.78, 5) is 0. The maximum Gasteiger partial charge on any atom is 0.155 e. The van der Waals surface area contributed by atoms with Gasteiger partial charge in [0.15, 0.2) is 9.84 Å². The van der Waals surface area contributed by atoms with Gasteiger partial charge >= 0.3 is 0 Å². The lowest BCUT2D eigenvalue weighted by molar-refractivity contribution is 0.0208. The normalized spacial score (nSPS) is 26.5. The molecule has 1 rings (SSSR count). The lowest BCUT2D eigenvalue weighted by Gasteiger charge is -2.31. The minimum Gasteiger partial charge on any atom is -0.380 e. The molecule has 0 aliphatic carbocycles. The Morgan fingerprint density at radius 3 is 2.47 bits per heavy atom. The van der Waals surface area contributed by atoms with E-state index >= 15 is 0 Å². The second-order valence-electron chi connectivity index (χ2n) is 5.73. The van der Waals surface area contributed by atoms with Gasteiger partial charge in [-0.25, -0.2) is 8.42 Å². The second-order valence-corrected chi connectivity index (χ2v) is 8.59. The summed E-state index contributed by atoms with van der Waals surface area (Å²) in [5.74, 6) is 0.0629. The van der Waals surface area contributed by atoms with Crippen LogP contribution in [0.3, 0.4) is 0 Å². The Bertz CT molecular complexity index is 394. The average molecular weight is 259 g/mol. The highest BCUT2D eigenvalue weighted by atomic mass is 32.2. The van der Waals surface area contributed by atoms with Crippen molar-refractivity contribution in [2.75, 3.05) is 19.0 Å². The number of nitriles is 1. The number of sulfone groups is 1. The number of hydrogen-bond donors (Lipinski definition) is 0. The molecule has 1 aliphatic rings. The molecule has 5 heteroatoms. The fourth-order valence-electron chi connectivity index (χ4n) is 1.83. The van der Waals surface area contributed by atoms with Gasteiger partial charge in [0, 0.05) is 6.61 Å². The molecule has 1 atom stereocenters. The summed E-state index contributed by atoms with van der Waals surface area (Å²) < 4.78 is 28.6. The van der Waals surface area contributed by atoms with Crippen molar-refractivity contribution in [3.63, 3.8) is 0 Å². The average Bonchev–Trinajstić information content (AvgIpc) is 2.26. The predicted molar refractivity (Wildman–Crippen MR) is 66.3 cm³/mol. The van der Waals surface area contributed by atoms with Crippen molar-refractivity contribution in [3.8, 4) is 6.07 Å². The summed E-state index contributed by atoms with van der Waals surface area (Å²) in [5.41, 5.74) is -0.601. The standard InChI is InChI=1S/C12H21NO3S/c1-11(2,3)17(14,15)8-6-12(9-13)5-4-7-16-10-12/h4-8,10H2,1-3H3. The molecule has 0 amide bonds.